The van der Waals surface area contributed by atoms with Crippen LogP contribution in [0.3, 0.4) is 0 Å². The van der Waals surface area contributed by atoms with Gasteiger partial charge in [0.15, 0.2) is 11.4 Å². The summed E-state index contributed by atoms with van der Waals surface area (Å²) in [6.45, 7) is 7.88. The molecule has 0 spiro atoms. The maximum atomic E-state index is 12.4. The molecule has 1 aliphatic heterocycles. The van der Waals surface area contributed by atoms with E-state index in [0.29, 0.717) is 17.4 Å². The van der Waals surface area contributed by atoms with Crippen molar-refractivity contribution in [2.45, 2.75) is 39.3 Å². The van der Waals surface area contributed by atoms with Gasteiger partial charge in [0.05, 0.1) is 6.10 Å². The van der Waals surface area contributed by atoms with Crippen LogP contribution in [0.2, 0.25) is 0 Å². The van der Waals surface area contributed by atoms with Gasteiger partial charge in [-0.15, -0.1) is 0 Å². The summed E-state index contributed by atoms with van der Waals surface area (Å²) < 4.78 is 5.65. The number of carbonyl (C=O) groups is 1. The van der Waals surface area contributed by atoms with Crippen LogP contribution >= 0.6 is 0 Å². The SMILES string of the molecule is CC(C)Oc1cccnc1C(=O)NC1CCNCC1C. The number of piperidine rings is 1. The summed E-state index contributed by atoms with van der Waals surface area (Å²) >= 11 is 0. The first-order chi connectivity index (χ1) is 9.58. The number of nitrogens with zero attached hydrogens (tertiary/aromatic N) is 1. The minimum absolute atomic E-state index is 0.0172. The lowest BCUT2D eigenvalue weighted by Gasteiger charge is -2.30. The molecular formula is C15H23N3O2. The van der Waals surface area contributed by atoms with Gasteiger partial charge in [-0.3, -0.25) is 4.79 Å². The number of nitrogens with one attached hydrogen (secondary N) is 2. The molecule has 0 aliphatic carbocycles. The van der Waals surface area contributed by atoms with E-state index in [1.807, 2.05) is 13.8 Å². The van der Waals surface area contributed by atoms with Gasteiger partial charge in [0.1, 0.15) is 0 Å². The van der Waals surface area contributed by atoms with Gasteiger partial charge in [-0.1, -0.05) is 6.92 Å². The highest BCUT2D eigenvalue weighted by atomic mass is 16.5. The second-order valence-electron chi connectivity index (χ2n) is 5.57. The molecule has 1 amide bonds. The van der Waals surface area contributed by atoms with Crippen LogP contribution in [0, 0.1) is 5.92 Å². The Hall–Kier alpha value is -1.62. The molecule has 1 aromatic heterocycles. The Morgan fingerprint density at radius 2 is 2.35 bits per heavy atom. The lowest BCUT2D eigenvalue weighted by atomic mass is 9.95. The fraction of sp³-hybridized carbons (Fsp3) is 0.600. The molecule has 20 heavy (non-hydrogen) atoms. The topological polar surface area (TPSA) is 63.2 Å². The molecule has 110 valence electrons. The average Bonchev–Trinajstić information content (AvgIpc) is 2.41. The molecule has 0 aromatic carbocycles. The number of hydrogen-bond acceptors (Lipinski definition) is 4. The Labute approximate surface area is 120 Å². The van der Waals surface area contributed by atoms with E-state index in [1.165, 1.54) is 0 Å². The van der Waals surface area contributed by atoms with E-state index < -0.39 is 0 Å². The molecule has 1 aliphatic rings. The highest BCUT2D eigenvalue weighted by molar-refractivity contribution is 5.95. The summed E-state index contributed by atoms with van der Waals surface area (Å²) in [5, 5.41) is 6.40. The van der Waals surface area contributed by atoms with Crippen LogP contribution in [0.25, 0.3) is 0 Å². The Kier molecular flexibility index (Phi) is 4.95. The third-order valence-corrected chi connectivity index (χ3v) is 3.45. The molecule has 5 heteroatoms. The molecule has 0 saturated carbocycles. The van der Waals surface area contributed by atoms with Crippen LogP contribution in [0.5, 0.6) is 5.75 Å². The molecule has 1 saturated heterocycles. The van der Waals surface area contributed by atoms with Gasteiger partial charge in [-0.25, -0.2) is 4.98 Å². The van der Waals surface area contributed by atoms with Gasteiger partial charge in [0.2, 0.25) is 0 Å². The van der Waals surface area contributed by atoms with Gasteiger partial charge >= 0.3 is 0 Å². The molecule has 1 fully saturated rings. The van der Waals surface area contributed by atoms with Crippen LogP contribution in [0.4, 0.5) is 0 Å². The molecule has 0 radical (unpaired) electrons. The molecule has 1 aromatic rings. The van der Waals surface area contributed by atoms with Crippen molar-refractivity contribution in [2.75, 3.05) is 13.1 Å². The van der Waals surface area contributed by atoms with Gasteiger partial charge in [-0.05, 0) is 51.4 Å². The summed E-state index contributed by atoms with van der Waals surface area (Å²) in [6.07, 6.45) is 2.58. The standard InChI is InChI=1S/C15H23N3O2/c1-10(2)20-13-5-4-7-17-14(13)15(19)18-12-6-8-16-9-11(12)3/h4-5,7,10-12,16H,6,8-9H2,1-3H3,(H,18,19). The first kappa shape index (κ1) is 14.8. The van der Waals surface area contributed by atoms with Gasteiger partial charge in [0, 0.05) is 12.2 Å². The zero-order valence-corrected chi connectivity index (χ0v) is 12.3. The maximum absolute atomic E-state index is 12.4. The van der Waals surface area contributed by atoms with Crippen LogP contribution in [-0.2, 0) is 0 Å². The smallest absolute Gasteiger partial charge is 0.273 e. The van der Waals surface area contributed by atoms with Crippen LogP contribution in [0.1, 0.15) is 37.7 Å². The number of rotatable bonds is 4. The van der Waals surface area contributed by atoms with Crippen molar-refractivity contribution in [1.29, 1.82) is 0 Å². The summed E-state index contributed by atoms with van der Waals surface area (Å²) in [5.41, 5.74) is 0.368. The van der Waals surface area contributed by atoms with E-state index in [9.17, 15) is 4.79 Å². The van der Waals surface area contributed by atoms with Crippen molar-refractivity contribution < 1.29 is 9.53 Å². The Morgan fingerprint density at radius 3 is 3.05 bits per heavy atom. The van der Waals surface area contributed by atoms with Gasteiger partial charge in [0.25, 0.3) is 5.91 Å². The van der Waals surface area contributed by atoms with E-state index in [1.54, 1.807) is 18.3 Å². The van der Waals surface area contributed by atoms with Gasteiger partial charge < -0.3 is 15.4 Å². The number of pyridine rings is 1. The number of carbonyl (C=O) groups excluding carboxylic acids is 1. The average molecular weight is 277 g/mol. The molecule has 2 atom stereocenters. The molecule has 2 heterocycles. The van der Waals surface area contributed by atoms with Crippen LogP contribution in [0.15, 0.2) is 18.3 Å². The highest BCUT2D eigenvalue weighted by Crippen LogP contribution is 2.18. The van der Waals surface area contributed by atoms with Crippen LogP contribution < -0.4 is 15.4 Å². The fourth-order valence-corrected chi connectivity index (χ4v) is 2.38. The predicted molar refractivity (Wildman–Crippen MR) is 77.9 cm³/mol. The Balaban J connectivity index is 2.08. The monoisotopic (exact) mass is 277 g/mol. The predicted octanol–water partition coefficient (Wildman–Crippen LogP) is 1.60. The Bertz CT molecular complexity index is 462. The quantitative estimate of drug-likeness (QED) is 0.877. The van der Waals surface area contributed by atoms with Crippen molar-refractivity contribution in [2.24, 2.45) is 5.92 Å². The lowest BCUT2D eigenvalue weighted by molar-refractivity contribution is 0.0902. The van der Waals surface area contributed by atoms with E-state index in [2.05, 4.69) is 22.5 Å². The number of hydrogen-bond donors (Lipinski definition) is 2. The first-order valence-corrected chi connectivity index (χ1v) is 7.21. The van der Waals surface area contributed by atoms with Crippen LogP contribution in [-0.4, -0.2) is 36.1 Å². The van der Waals surface area contributed by atoms with Crippen molar-refractivity contribution in [1.82, 2.24) is 15.6 Å². The summed E-state index contributed by atoms with van der Waals surface area (Å²) in [5.74, 6) is 0.812. The third kappa shape index (κ3) is 3.70. The fourth-order valence-electron chi connectivity index (χ4n) is 2.38. The second-order valence-corrected chi connectivity index (χ2v) is 5.57. The van der Waals surface area contributed by atoms with Crippen molar-refractivity contribution >= 4 is 5.91 Å². The van der Waals surface area contributed by atoms with E-state index in [-0.39, 0.29) is 18.1 Å². The van der Waals surface area contributed by atoms with E-state index in [0.717, 1.165) is 19.5 Å². The van der Waals surface area contributed by atoms with Crippen molar-refractivity contribution in [3.63, 3.8) is 0 Å². The number of amides is 1. The van der Waals surface area contributed by atoms with Crippen molar-refractivity contribution in [3.05, 3.63) is 24.0 Å². The maximum Gasteiger partial charge on any atom is 0.273 e. The molecule has 5 nitrogen and oxygen atoms in total. The molecule has 2 N–H and O–H groups in total. The normalized spacial score (nSPS) is 22.6. The lowest BCUT2D eigenvalue weighted by Crippen LogP contribution is -2.48. The number of ether oxygens (including phenoxy) is 1. The minimum atomic E-state index is -0.153. The summed E-state index contributed by atoms with van der Waals surface area (Å²) in [4.78, 5) is 16.6. The highest BCUT2D eigenvalue weighted by Gasteiger charge is 2.25. The zero-order chi connectivity index (χ0) is 14.5. The molecular weight excluding hydrogens is 254 g/mol. The largest absolute Gasteiger partial charge is 0.489 e. The third-order valence-electron chi connectivity index (χ3n) is 3.45. The second kappa shape index (κ2) is 6.70. The first-order valence-electron chi connectivity index (χ1n) is 7.21. The zero-order valence-electron chi connectivity index (χ0n) is 12.3. The summed E-state index contributed by atoms with van der Waals surface area (Å²) in [6, 6.07) is 3.76. The van der Waals surface area contributed by atoms with E-state index in [4.69, 9.17) is 4.74 Å². The van der Waals surface area contributed by atoms with Gasteiger partial charge in [-0.2, -0.15) is 0 Å². The molecule has 2 unspecified atom stereocenters. The molecule has 2 rings (SSSR count). The van der Waals surface area contributed by atoms with Crippen molar-refractivity contribution in [3.8, 4) is 5.75 Å². The Morgan fingerprint density at radius 1 is 1.55 bits per heavy atom. The number of aromatic nitrogens is 1. The van der Waals surface area contributed by atoms with E-state index >= 15 is 0 Å². The summed E-state index contributed by atoms with van der Waals surface area (Å²) in [7, 11) is 0. The minimum Gasteiger partial charge on any atom is -0.489 e. The molecule has 0 bridgehead atoms.